The lowest BCUT2D eigenvalue weighted by atomic mass is 9.98. The Morgan fingerprint density at radius 2 is 1.66 bits per heavy atom. The second kappa shape index (κ2) is 8.74. The summed E-state index contributed by atoms with van der Waals surface area (Å²) in [5, 5.41) is 23.8. The number of nitrogens with zero attached hydrogens (tertiary/aromatic N) is 7. The van der Waals surface area contributed by atoms with E-state index < -0.39 is 0 Å². The van der Waals surface area contributed by atoms with E-state index in [0.29, 0.717) is 5.82 Å². The molecule has 32 heavy (non-hydrogen) atoms. The molecule has 0 bridgehead atoms. The Bertz CT molecular complexity index is 1310. The molecule has 8 nitrogen and oxygen atoms in total. The maximum atomic E-state index is 4.75. The summed E-state index contributed by atoms with van der Waals surface area (Å²) in [5.74, 6) is 1.74. The average molecular weight is 427 g/mol. The van der Waals surface area contributed by atoms with Crippen LogP contribution in [-0.2, 0) is 19.4 Å². The first kappa shape index (κ1) is 20.1. The van der Waals surface area contributed by atoms with Crippen molar-refractivity contribution in [1.29, 1.82) is 0 Å². The molecule has 162 valence electrons. The molecule has 0 atom stereocenters. The van der Waals surface area contributed by atoms with Crippen molar-refractivity contribution in [3.8, 4) is 22.5 Å². The largest absolute Gasteiger partial charge is 0.307 e. The van der Waals surface area contributed by atoms with Crippen molar-refractivity contribution in [2.75, 3.05) is 0 Å². The van der Waals surface area contributed by atoms with Crippen LogP contribution in [0.1, 0.15) is 43.8 Å². The highest BCUT2D eigenvalue weighted by atomic mass is 15.5. The molecule has 0 aliphatic carbocycles. The Hall–Kier alpha value is -3.81. The molecule has 8 heteroatoms. The number of fused-ring (bicyclic) bond motifs is 1. The number of aromatic amines is 1. The Balaban J connectivity index is 1.46. The number of H-pyrrole nitrogens is 1. The minimum absolute atomic E-state index is 0.665. The molecule has 0 saturated carbocycles. The second-order valence-electron chi connectivity index (χ2n) is 7.98. The lowest BCUT2D eigenvalue weighted by Crippen LogP contribution is -2.05. The summed E-state index contributed by atoms with van der Waals surface area (Å²) in [7, 11) is 0. The van der Waals surface area contributed by atoms with Gasteiger partial charge in [-0.2, -0.15) is 5.10 Å². The van der Waals surface area contributed by atoms with Crippen LogP contribution in [0, 0.1) is 0 Å². The van der Waals surface area contributed by atoms with Crippen molar-refractivity contribution in [3.63, 3.8) is 0 Å². The van der Waals surface area contributed by atoms with Crippen molar-refractivity contribution in [3.05, 3.63) is 71.7 Å². The van der Waals surface area contributed by atoms with Gasteiger partial charge in [-0.3, -0.25) is 0 Å². The number of aromatic nitrogens is 8. The maximum absolute atomic E-state index is 4.75. The predicted molar refractivity (Wildman–Crippen MR) is 123 cm³/mol. The smallest absolute Gasteiger partial charge is 0.180 e. The molecular formula is C24H26N8. The van der Waals surface area contributed by atoms with Crippen LogP contribution in [0.2, 0.25) is 0 Å². The number of aryl methyl sites for hydroxylation is 2. The zero-order valence-corrected chi connectivity index (χ0v) is 18.4. The fraction of sp³-hybridized carbons (Fsp3) is 0.292. The van der Waals surface area contributed by atoms with Gasteiger partial charge in [0.2, 0.25) is 0 Å². The van der Waals surface area contributed by atoms with Crippen LogP contribution >= 0.6 is 0 Å². The first-order chi connectivity index (χ1) is 15.8. The number of tetrazole rings is 1. The van der Waals surface area contributed by atoms with E-state index in [4.69, 9.17) is 5.10 Å². The van der Waals surface area contributed by atoms with Crippen molar-refractivity contribution < 1.29 is 0 Å². The summed E-state index contributed by atoms with van der Waals surface area (Å²) in [5.41, 5.74) is 6.58. The normalized spacial score (nSPS) is 11.4. The van der Waals surface area contributed by atoms with E-state index in [1.165, 1.54) is 5.56 Å². The van der Waals surface area contributed by atoms with Crippen LogP contribution in [-0.4, -0.2) is 40.0 Å². The number of nitrogens with one attached hydrogen (secondary N) is 1. The summed E-state index contributed by atoms with van der Waals surface area (Å²) in [6.45, 7) is 5.12. The summed E-state index contributed by atoms with van der Waals surface area (Å²) in [6, 6.07) is 19.0. The van der Waals surface area contributed by atoms with E-state index in [1.54, 1.807) is 4.63 Å². The molecule has 2 aromatic carbocycles. The average Bonchev–Trinajstić information content (AvgIpc) is 3.54. The number of benzene rings is 2. The Labute approximate surface area is 186 Å². The third kappa shape index (κ3) is 3.79. The van der Waals surface area contributed by atoms with Gasteiger partial charge in [-0.15, -0.1) is 14.8 Å². The zero-order chi connectivity index (χ0) is 21.9. The Morgan fingerprint density at radius 3 is 2.38 bits per heavy atom. The van der Waals surface area contributed by atoms with Crippen molar-refractivity contribution in [1.82, 2.24) is 40.0 Å². The van der Waals surface area contributed by atoms with Gasteiger partial charge in [0.1, 0.15) is 5.82 Å². The first-order valence-corrected chi connectivity index (χ1v) is 11.1. The van der Waals surface area contributed by atoms with Crippen LogP contribution in [0.4, 0.5) is 0 Å². The lowest BCUT2D eigenvalue weighted by Gasteiger charge is -2.10. The monoisotopic (exact) mass is 426 g/mol. The molecule has 5 aromatic rings. The fourth-order valence-corrected chi connectivity index (χ4v) is 4.11. The predicted octanol–water partition coefficient (Wildman–Crippen LogP) is 4.33. The van der Waals surface area contributed by atoms with E-state index >= 15 is 0 Å². The molecule has 0 fully saturated rings. The van der Waals surface area contributed by atoms with Crippen LogP contribution in [0.5, 0.6) is 0 Å². The van der Waals surface area contributed by atoms with E-state index in [1.807, 2.05) is 18.2 Å². The van der Waals surface area contributed by atoms with Gasteiger partial charge in [0.15, 0.2) is 11.5 Å². The van der Waals surface area contributed by atoms with Gasteiger partial charge in [0.25, 0.3) is 0 Å². The molecule has 0 aliphatic heterocycles. The van der Waals surface area contributed by atoms with Crippen LogP contribution in [0.15, 0.2) is 54.6 Å². The number of hydrogen-bond acceptors (Lipinski definition) is 5. The van der Waals surface area contributed by atoms with Gasteiger partial charge in [-0.1, -0.05) is 68.8 Å². The molecule has 3 aromatic heterocycles. The molecular weight excluding hydrogens is 400 g/mol. The summed E-state index contributed by atoms with van der Waals surface area (Å²) >= 11 is 0. The van der Waals surface area contributed by atoms with Gasteiger partial charge in [0.05, 0.1) is 12.2 Å². The minimum atomic E-state index is 0.665. The SMILES string of the molecule is CCCc1cc2n(Cc3ccc(-c4ccccc4-c4nnn[nH]4)cc3)c(CCC)nn2n1. The van der Waals surface area contributed by atoms with Gasteiger partial charge < -0.3 is 4.57 Å². The number of rotatable bonds is 8. The third-order valence-corrected chi connectivity index (χ3v) is 5.63. The summed E-state index contributed by atoms with van der Waals surface area (Å²) in [6.07, 6.45) is 4.04. The van der Waals surface area contributed by atoms with Gasteiger partial charge in [-0.25, -0.2) is 5.10 Å². The molecule has 1 N–H and O–H groups in total. The van der Waals surface area contributed by atoms with Crippen molar-refractivity contribution >= 4 is 5.65 Å². The Morgan fingerprint density at radius 1 is 0.875 bits per heavy atom. The highest BCUT2D eigenvalue weighted by Gasteiger charge is 2.15. The second-order valence-corrected chi connectivity index (χ2v) is 7.98. The van der Waals surface area contributed by atoms with Gasteiger partial charge in [0, 0.05) is 18.1 Å². The Kier molecular flexibility index (Phi) is 5.49. The molecule has 0 amide bonds. The molecule has 0 unspecified atom stereocenters. The number of hydrogen-bond donors (Lipinski definition) is 1. The highest BCUT2D eigenvalue weighted by molar-refractivity contribution is 5.80. The van der Waals surface area contributed by atoms with E-state index in [-0.39, 0.29) is 0 Å². The van der Waals surface area contributed by atoms with Crippen molar-refractivity contribution in [2.24, 2.45) is 0 Å². The van der Waals surface area contributed by atoms with Crippen LogP contribution < -0.4 is 0 Å². The minimum Gasteiger partial charge on any atom is -0.307 e. The van der Waals surface area contributed by atoms with E-state index in [9.17, 15) is 0 Å². The molecule has 3 heterocycles. The topological polar surface area (TPSA) is 89.6 Å². The fourth-order valence-electron chi connectivity index (χ4n) is 4.11. The molecule has 0 spiro atoms. The van der Waals surface area contributed by atoms with E-state index in [0.717, 1.165) is 66.1 Å². The maximum Gasteiger partial charge on any atom is 0.180 e. The van der Waals surface area contributed by atoms with Crippen LogP contribution in [0.25, 0.3) is 28.2 Å². The molecule has 5 rings (SSSR count). The standard InChI is InChI=1S/C24H26N8/c1-3-7-19-15-23-31(22(8-4-2)28-32(23)27-19)16-17-11-13-18(14-12-17)20-9-5-6-10-21(20)24-25-29-30-26-24/h5-6,9-15H,3-4,7-8,16H2,1-2H3,(H,25,26,29,30). The van der Waals surface area contributed by atoms with Gasteiger partial charge >= 0.3 is 0 Å². The zero-order valence-electron chi connectivity index (χ0n) is 18.4. The lowest BCUT2D eigenvalue weighted by molar-refractivity contribution is 0.701. The molecule has 0 aliphatic rings. The third-order valence-electron chi connectivity index (χ3n) is 5.63. The van der Waals surface area contributed by atoms with E-state index in [2.05, 4.69) is 80.5 Å². The van der Waals surface area contributed by atoms with Gasteiger partial charge in [-0.05, 0) is 40.0 Å². The summed E-state index contributed by atoms with van der Waals surface area (Å²) in [4.78, 5) is 0. The quantitative estimate of drug-likeness (QED) is 0.399. The summed E-state index contributed by atoms with van der Waals surface area (Å²) < 4.78 is 4.09. The molecule has 0 radical (unpaired) electrons. The van der Waals surface area contributed by atoms with Crippen LogP contribution in [0.3, 0.4) is 0 Å². The van der Waals surface area contributed by atoms with Crippen molar-refractivity contribution in [2.45, 2.75) is 46.1 Å². The first-order valence-electron chi connectivity index (χ1n) is 11.1. The highest BCUT2D eigenvalue weighted by Crippen LogP contribution is 2.30. The molecule has 0 saturated heterocycles.